The standard InChI is InChI=1S/C13H17N3O2/c1-3-14-13(17)8-18-10-5-6-11-12(7-10)16(4-2)9-15-11/h5-7,9H,3-4,8H2,1-2H3,(H,14,17). The Morgan fingerprint density at radius 2 is 2.28 bits per heavy atom. The molecular weight excluding hydrogens is 230 g/mol. The number of hydrogen-bond acceptors (Lipinski definition) is 3. The Bertz CT molecular complexity index is 548. The number of carbonyl (C=O) groups excluding carboxylic acids is 1. The van der Waals surface area contributed by atoms with E-state index in [0.29, 0.717) is 12.3 Å². The number of carbonyl (C=O) groups is 1. The van der Waals surface area contributed by atoms with Crippen molar-refractivity contribution in [2.24, 2.45) is 0 Å². The SMILES string of the molecule is CCNC(=O)COc1ccc2ncn(CC)c2c1. The molecule has 5 nitrogen and oxygen atoms in total. The van der Waals surface area contributed by atoms with Gasteiger partial charge in [-0.3, -0.25) is 4.79 Å². The fourth-order valence-corrected chi connectivity index (χ4v) is 1.78. The highest BCUT2D eigenvalue weighted by Crippen LogP contribution is 2.19. The maximum Gasteiger partial charge on any atom is 0.257 e. The number of ether oxygens (including phenoxy) is 1. The van der Waals surface area contributed by atoms with Gasteiger partial charge in [-0.25, -0.2) is 4.98 Å². The number of likely N-dealkylation sites (N-methyl/N-ethyl adjacent to an activating group) is 1. The molecule has 1 N–H and O–H groups in total. The zero-order chi connectivity index (χ0) is 13.0. The fraction of sp³-hybridized carbons (Fsp3) is 0.385. The fourth-order valence-electron chi connectivity index (χ4n) is 1.78. The lowest BCUT2D eigenvalue weighted by Gasteiger charge is -2.06. The smallest absolute Gasteiger partial charge is 0.257 e. The molecule has 0 saturated carbocycles. The van der Waals surface area contributed by atoms with Gasteiger partial charge in [0.25, 0.3) is 5.91 Å². The summed E-state index contributed by atoms with van der Waals surface area (Å²) in [6, 6.07) is 5.63. The van der Waals surface area contributed by atoms with Crippen molar-refractivity contribution in [2.75, 3.05) is 13.2 Å². The van der Waals surface area contributed by atoms with Crippen molar-refractivity contribution in [1.29, 1.82) is 0 Å². The van der Waals surface area contributed by atoms with Crippen LogP contribution in [0.15, 0.2) is 24.5 Å². The van der Waals surface area contributed by atoms with Crippen LogP contribution in [0.25, 0.3) is 11.0 Å². The predicted octanol–water partition coefficient (Wildman–Crippen LogP) is 1.57. The minimum atomic E-state index is -0.110. The zero-order valence-electron chi connectivity index (χ0n) is 10.6. The maximum absolute atomic E-state index is 11.3. The first kappa shape index (κ1) is 12.4. The van der Waals surface area contributed by atoms with E-state index in [1.54, 1.807) is 6.33 Å². The van der Waals surface area contributed by atoms with Crippen molar-refractivity contribution in [1.82, 2.24) is 14.9 Å². The number of nitrogens with zero attached hydrogens (tertiary/aromatic N) is 2. The quantitative estimate of drug-likeness (QED) is 0.872. The van der Waals surface area contributed by atoms with Crippen molar-refractivity contribution in [2.45, 2.75) is 20.4 Å². The molecule has 1 amide bonds. The molecule has 0 aliphatic rings. The van der Waals surface area contributed by atoms with Crippen LogP contribution in [-0.2, 0) is 11.3 Å². The highest BCUT2D eigenvalue weighted by atomic mass is 16.5. The summed E-state index contributed by atoms with van der Waals surface area (Å²) in [5.74, 6) is 0.575. The zero-order valence-corrected chi connectivity index (χ0v) is 10.6. The molecule has 0 spiro atoms. The van der Waals surface area contributed by atoms with Gasteiger partial charge in [0.05, 0.1) is 17.4 Å². The molecule has 2 aromatic rings. The number of hydrogen-bond donors (Lipinski definition) is 1. The van der Waals surface area contributed by atoms with Gasteiger partial charge in [-0.05, 0) is 26.0 Å². The second-order valence-corrected chi connectivity index (χ2v) is 3.92. The number of aryl methyl sites for hydroxylation is 1. The summed E-state index contributed by atoms with van der Waals surface area (Å²) in [6.07, 6.45) is 1.80. The molecule has 0 saturated heterocycles. The number of aromatic nitrogens is 2. The van der Waals surface area contributed by atoms with Gasteiger partial charge in [-0.1, -0.05) is 0 Å². The van der Waals surface area contributed by atoms with E-state index < -0.39 is 0 Å². The van der Waals surface area contributed by atoms with E-state index in [1.165, 1.54) is 0 Å². The third kappa shape index (κ3) is 2.61. The van der Waals surface area contributed by atoms with Gasteiger partial charge in [-0.15, -0.1) is 0 Å². The van der Waals surface area contributed by atoms with Crippen LogP contribution in [0.4, 0.5) is 0 Å². The number of fused-ring (bicyclic) bond motifs is 1. The minimum Gasteiger partial charge on any atom is -0.484 e. The summed E-state index contributed by atoms with van der Waals surface area (Å²) in [5, 5.41) is 2.69. The van der Waals surface area contributed by atoms with E-state index in [1.807, 2.05) is 29.7 Å². The molecule has 0 bridgehead atoms. The first-order valence-corrected chi connectivity index (χ1v) is 6.09. The molecule has 0 fully saturated rings. The second kappa shape index (κ2) is 5.53. The number of nitrogens with one attached hydrogen (secondary N) is 1. The van der Waals surface area contributed by atoms with Gasteiger partial charge < -0.3 is 14.6 Å². The normalized spacial score (nSPS) is 10.6. The average Bonchev–Trinajstić information content (AvgIpc) is 2.79. The van der Waals surface area contributed by atoms with Gasteiger partial charge >= 0.3 is 0 Å². The van der Waals surface area contributed by atoms with Crippen LogP contribution in [-0.4, -0.2) is 28.6 Å². The molecule has 1 aromatic heterocycles. The Hall–Kier alpha value is -2.04. The number of rotatable bonds is 5. The average molecular weight is 247 g/mol. The maximum atomic E-state index is 11.3. The van der Waals surface area contributed by atoms with Gasteiger partial charge in [0.1, 0.15) is 5.75 Å². The van der Waals surface area contributed by atoms with E-state index in [9.17, 15) is 4.79 Å². The van der Waals surface area contributed by atoms with Crippen LogP contribution in [0.1, 0.15) is 13.8 Å². The van der Waals surface area contributed by atoms with Crippen molar-refractivity contribution < 1.29 is 9.53 Å². The van der Waals surface area contributed by atoms with E-state index in [4.69, 9.17) is 4.74 Å². The van der Waals surface area contributed by atoms with Crippen LogP contribution in [0.5, 0.6) is 5.75 Å². The molecule has 0 unspecified atom stereocenters. The van der Waals surface area contributed by atoms with E-state index >= 15 is 0 Å². The number of imidazole rings is 1. The predicted molar refractivity (Wildman–Crippen MR) is 69.6 cm³/mol. The van der Waals surface area contributed by atoms with E-state index in [2.05, 4.69) is 17.2 Å². The van der Waals surface area contributed by atoms with Crippen LogP contribution in [0.2, 0.25) is 0 Å². The summed E-state index contributed by atoms with van der Waals surface area (Å²) in [7, 11) is 0. The largest absolute Gasteiger partial charge is 0.484 e. The van der Waals surface area contributed by atoms with Gasteiger partial charge in [0.2, 0.25) is 0 Å². The van der Waals surface area contributed by atoms with Crippen molar-refractivity contribution in [3.8, 4) is 5.75 Å². The molecule has 0 radical (unpaired) electrons. The number of amides is 1. The number of benzene rings is 1. The highest BCUT2D eigenvalue weighted by molar-refractivity contribution is 5.79. The van der Waals surface area contributed by atoms with Crippen LogP contribution < -0.4 is 10.1 Å². The summed E-state index contributed by atoms with van der Waals surface area (Å²) in [6.45, 7) is 5.45. The van der Waals surface area contributed by atoms with Gasteiger partial charge in [0.15, 0.2) is 6.61 Å². The molecule has 0 atom stereocenters. The van der Waals surface area contributed by atoms with Crippen molar-refractivity contribution >= 4 is 16.9 Å². The highest BCUT2D eigenvalue weighted by Gasteiger charge is 2.05. The molecule has 0 aliphatic carbocycles. The summed E-state index contributed by atoms with van der Waals surface area (Å²) < 4.78 is 7.48. The topological polar surface area (TPSA) is 56.1 Å². The molecule has 18 heavy (non-hydrogen) atoms. The third-order valence-corrected chi connectivity index (χ3v) is 2.68. The molecule has 96 valence electrons. The minimum absolute atomic E-state index is 0.0413. The van der Waals surface area contributed by atoms with Crippen molar-refractivity contribution in [3.05, 3.63) is 24.5 Å². The Balaban J connectivity index is 2.11. The van der Waals surface area contributed by atoms with Gasteiger partial charge in [-0.2, -0.15) is 0 Å². The Morgan fingerprint density at radius 3 is 3.00 bits per heavy atom. The second-order valence-electron chi connectivity index (χ2n) is 3.92. The van der Waals surface area contributed by atoms with Crippen LogP contribution >= 0.6 is 0 Å². The lowest BCUT2D eigenvalue weighted by Crippen LogP contribution is -2.28. The summed E-state index contributed by atoms with van der Waals surface area (Å²) >= 11 is 0. The van der Waals surface area contributed by atoms with Crippen LogP contribution in [0, 0.1) is 0 Å². The summed E-state index contributed by atoms with van der Waals surface area (Å²) in [5.41, 5.74) is 1.95. The lowest BCUT2D eigenvalue weighted by molar-refractivity contribution is -0.122. The molecule has 0 aliphatic heterocycles. The Kier molecular flexibility index (Phi) is 3.82. The van der Waals surface area contributed by atoms with E-state index in [-0.39, 0.29) is 12.5 Å². The monoisotopic (exact) mass is 247 g/mol. The molecule has 1 heterocycles. The summed E-state index contributed by atoms with van der Waals surface area (Å²) in [4.78, 5) is 15.6. The molecule has 2 rings (SSSR count). The van der Waals surface area contributed by atoms with Crippen molar-refractivity contribution in [3.63, 3.8) is 0 Å². The molecular formula is C13H17N3O2. The van der Waals surface area contributed by atoms with E-state index in [0.717, 1.165) is 17.6 Å². The Morgan fingerprint density at radius 1 is 1.44 bits per heavy atom. The van der Waals surface area contributed by atoms with Gasteiger partial charge in [0, 0.05) is 19.2 Å². The first-order valence-electron chi connectivity index (χ1n) is 6.09. The molecule has 1 aromatic carbocycles. The third-order valence-electron chi connectivity index (χ3n) is 2.68. The first-order chi connectivity index (χ1) is 8.74. The van der Waals surface area contributed by atoms with Crippen LogP contribution in [0.3, 0.4) is 0 Å². The molecule has 5 heteroatoms. The lowest BCUT2D eigenvalue weighted by atomic mass is 10.3. The Labute approximate surface area is 106 Å².